The number of rotatable bonds is 9. The average Bonchev–Trinajstić information content (AvgIpc) is 2.59. The van der Waals surface area contributed by atoms with Crippen molar-refractivity contribution in [2.75, 3.05) is 0 Å². The van der Waals surface area contributed by atoms with E-state index in [1.165, 1.54) is 16.8 Å². The fourth-order valence-electron chi connectivity index (χ4n) is 3.34. The molecule has 2 heterocycles. The van der Waals surface area contributed by atoms with Gasteiger partial charge in [0.25, 0.3) is 0 Å². The standard InChI is InChI=1S/C23H35N3/c1-16(2)11-20-9-10-24-22(13-20)18(5)7-8-19(6)23-25-14-21(15-26-23)12-17(3)4/h9-10,13-19H,7-8,11-12H2,1-6H3. The first-order chi connectivity index (χ1) is 12.3. The van der Waals surface area contributed by atoms with Crippen LogP contribution in [0.1, 0.15) is 88.9 Å². The Morgan fingerprint density at radius 2 is 1.31 bits per heavy atom. The predicted molar refractivity (Wildman–Crippen MR) is 109 cm³/mol. The lowest BCUT2D eigenvalue weighted by Gasteiger charge is -2.16. The van der Waals surface area contributed by atoms with E-state index in [0.29, 0.717) is 23.7 Å². The second-order valence-electron chi connectivity index (χ2n) is 8.61. The second kappa shape index (κ2) is 9.80. The molecule has 0 N–H and O–H groups in total. The van der Waals surface area contributed by atoms with Crippen molar-refractivity contribution in [1.29, 1.82) is 0 Å². The number of hydrogen-bond acceptors (Lipinski definition) is 3. The lowest BCUT2D eigenvalue weighted by atomic mass is 9.93. The fraction of sp³-hybridized carbons (Fsp3) is 0.609. The Morgan fingerprint density at radius 1 is 0.731 bits per heavy atom. The van der Waals surface area contributed by atoms with Crippen molar-refractivity contribution in [3.05, 3.63) is 53.4 Å². The summed E-state index contributed by atoms with van der Waals surface area (Å²) >= 11 is 0. The molecule has 2 aromatic rings. The number of hydrogen-bond donors (Lipinski definition) is 0. The van der Waals surface area contributed by atoms with Crippen LogP contribution in [0.4, 0.5) is 0 Å². The van der Waals surface area contributed by atoms with Crippen LogP contribution in [0.5, 0.6) is 0 Å². The third-order valence-electron chi connectivity index (χ3n) is 4.84. The van der Waals surface area contributed by atoms with Gasteiger partial charge in [-0.1, -0.05) is 41.5 Å². The molecule has 0 radical (unpaired) electrons. The molecule has 0 fully saturated rings. The molecule has 0 spiro atoms. The van der Waals surface area contributed by atoms with E-state index in [4.69, 9.17) is 0 Å². The van der Waals surface area contributed by atoms with E-state index in [1.54, 1.807) is 0 Å². The largest absolute Gasteiger partial charge is 0.261 e. The molecule has 0 aliphatic heterocycles. The van der Waals surface area contributed by atoms with Crippen LogP contribution in [0.25, 0.3) is 0 Å². The van der Waals surface area contributed by atoms with Crippen LogP contribution >= 0.6 is 0 Å². The van der Waals surface area contributed by atoms with E-state index >= 15 is 0 Å². The third kappa shape index (κ3) is 6.51. The molecular formula is C23H35N3. The van der Waals surface area contributed by atoms with Crippen LogP contribution in [0.15, 0.2) is 30.7 Å². The summed E-state index contributed by atoms with van der Waals surface area (Å²) in [5, 5.41) is 0. The quantitative estimate of drug-likeness (QED) is 0.558. The Morgan fingerprint density at radius 3 is 1.92 bits per heavy atom. The number of nitrogens with zero attached hydrogens (tertiary/aromatic N) is 3. The number of pyridine rings is 1. The molecule has 2 atom stereocenters. The normalized spacial score (nSPS) is 14.0. The van der Waals surface area contributed by atoms with Gasteiger partial charge in [0, 0.05) is 30.2 Å². The maximum absolute atomic E-state index is 4.61. The molecule has 0 bridgehead atoms. The Kier molecular flexibility index (Phi) is 7.74. The molecule has 2 aromatic heterocycles. The summed E-state index contributed by atoms with van der Waals surface area (Å²) in [7, 11) is 0. The van der Waals surface area contributed by atoms with Crippen molar-refractivity contribution in [1.82, 2.24) is 15.0 Å². The van der Waals surface area contributed by atoms with Crippen LogP contribution < -0.4 is 0 Å². The summed E-state index contributed by atoms with van der Waals surface area (Å²) in [6.07, 6.45) is 10.3. The smallest absolute Gasteiger partial charge is 0.131 e. The third-order valence-corrected chi connectivity index (χ3v) is 4.84. The summed E-state index contributed by atoms with van der Waals surface area (Å²) < 4.78 is 0. The topological polar surface area (TPSA) is 38.7 Å². The first kappa shape index (κ1) is 20.5. The van der Waals surface area contributed by atoms with Crippen molar-refractivity contribution < 1.29 is 0 Å². The second-order valence-corrected chi connectivity index (χ2v) is 8.61. The predicted octanol–water partition coefficient (Wildman–Crippen LogP) is 5.96. The van der Waals surface area contributed by atoms with Gasteiger partial charge in [0.05, 0.1) is 0 Å². The minimum absolute atomic E-state index is 0.379. The lowest BCUT2D eigenvalue weighted by molar-refractivity contribution is 0.545. The molecule has 26 heavy (non-hydrogen) atoms. The monoisotopic (exact) mass is 353 g/mol. The summed E-state index contributed by atoms with van der Waals surface area (Å²) in [4.78, 5) is 13.8. The summed E-state index contributed by atoms with van der Waals surface area (Å²) in [5.41, 5.74) is 3.84. The molecule has 3 nitrogen and oxygen atoms in total. The average molecular weight is 354 g/mol. The van der Waals surface area contributed by atoms with E-state index in [2.05, 4.69) is 68.6 Å². The zero-order chi connectivity index (χ0) is 19.1. The van der Waals surface area contributed by atoms with Crippen LogP contribution in [0, 0.1) is 11.8 Å². The minimum atomic E-state index is 0.379. The molecule has 0 aliphatic carbocycles. The van der Waals surface area contributed by atoms with Gasteiger partial charge in [0.15, 0.2) is 0 Å². The first-order valence-electron chi connectivity index (χ1n) is 10.1. The Hall–Kier alpha value is -1.77. The zero-order valence-electron chi connectivity index (χ0n) is 17.4. The molecule has 0 amide bonds. The SMILES string of the molecule is CC(C)Cc1cnc(C(C)CCC(C)c2cc(CC(C)C)ccn2)nc1. The lowest BCUT2D eigenvalue weighted by Crippen LogP contribution is -2.06. The van der Waals surface area contributed by atoms with Gasteiger partial charge in [0.1, 0.15) is 5.82 Å². The van der Waals surface area contributed by atoms with Gasteiger partial charge in [0.2, 0.25) is 0 Å². The molecular weight excluding hydrogens is 318 g/mol. The van der Waals surface area contributed by atoms with E-state index < -0.39 is 0 Å². The van der Waals surface area contributed by atoms with Gasteiger partial charge in [-0.05, 0) is 66.7 Å². The van der Waals surface area contributed by atoms with Crippen molar-refractivity contribution in [2.24, 2.45) is 11.8 Å². The van der Waals surface area contributed by atoms with Crippen LogP contribution in [-0.2, 0) is 12.8 Å². The van der Waals surface area contributed by atoms with Crippen molar-refractivity contribution in [3.63, 3.8) is 0 Å². The van der Waals surface area contributed by atoms with Gasteiger partial charge >= 0.3 is 0 Å². The molecule has 3 heteroatoms. The Labute approximate surface area is 159 Å². The van der Waals surface area contributed by atoms with E-state index in [9.17, 15) is 0 Å². The highest BCUT2D eigenvalue weighted by atomic mass is 14.9. The fourth-order valence-corrected chi connectivity index (χ4v) is 3.34. The maximum Gasteiger partial charge on any atom is 0.131 e. The van der Waals surface area contributed by atoms with Gasteiger partial charge in [-0.25, -0.2) is 9.97 Å². The maximum atomic E-state index is 4.61. The van der Waals surface area contributed by atoms with Crippen LogP contribution in [-0.4, -0.2) is 15.0 Å². The first-order valence-corrected chi connectivity index (χ1v) is 10.1. The Bertz CT molecular complexity index is 661. The van der Waals surface area contributed by atoms with Gasteiger partial charge in [-0.2, -0.15) is 0 Å². The van der Waals surface area contributed by atoms with Crippen molar-refractivity contribution >= 4 is 0 Å². The van der Waals surface area contributed by atoms with E-state index in [0.717, 1.165) is 31.5 Å². The van der Waals surface area contributed by atoms with Gasteiger partial charge in [-0.3, -0.25) is 4.98 Å². The molecule has 0 aromatic carbocycles. The van der Waals surface area contributed by atoms with E-state index in [-0.39, 0.29) is 0 Å². The highest BCUT2D eigenvalue weighted by molar-refractivity contribution is 5.19. The van der Waals surface area contributed by atoms with Crippen molar-refractivity contribution in [2.45, 2.75) is 79.1 Å². The van der Waals surface area contributed by atoms with Crippen LogP contribution in [0.2, 0.25) is 0 Å². The Balaban J connectivity index is 1.91. The summed E-state index contributed by atoms with van der Waals surface area (Å²) in [6, 6.07) is 4.43. The van der Waals surface area contributed by atoms with Gasteiger partial charge < -0.3 is 0 Å². The molecule has 2 unspecified atom stereocenters. The molecule has 142 valence electrons. The molecule has 0 saturated carbocycles. The highest BCUT2D eigenvalue weighted by Gasteiger charge is 2.14. The summed E-state index contributed by atoms with van der Waals surface area (Å²) in [6.45, 7) is 13.5. The molecule has 0 saturated heterocycles. The highest BCUT2D eigenvalue weighted by Crippen LogP contribution is 2.26. The van der Waals surface area contributed by atoms with Crippen molar-refractivity contribution in [3.8, 4) is 0 Å². The van der Waals surface area contributed by atoms with Crippen LogP contribution in [0.3, 0.4) is 0 Å². The van der Waals surface area contributed by atoms with E-state index in [1.807, 2.05) is 18.6 Å². The number of aromatic nitrogens is 3. The zero-order valence-corrected chi connectivity index (χ0v) is 17.4. The minimum Gasteiger partial charge on any atom is -0.261 e. The molecule has 2 rings (SSSR count). The molecule has 0 aliphatic rings. The summed E-state index contributed by atoms with van der Waals surface area (Å²) in [5.74, 6) is 3.12. The van der Waals surface area contributed by atoms with Gasteiger partial charge in [-0.15, -0.1) is 0 Å².